The summed E-state index contributed by atoms with van der Waals surface area (Å²) in [6.45, 7) is 3.63. The average Bonchev–Trinajstić information content (AvgIpc) is 2.81. The van der Waals surface area contributed by atoms with Crippen molar-refractivity contribution in [3.8, 4) is 0 Å². The summed E-state index contributed by atoms with van der Waals surface area (Å²) in [5.41, 5.74) is 1.15. The van der Waals surface area contributed by atoms with Gasteiger partial charge in [0, 0.05) is 0 Å². The largest absolute Gasteiger partial charge is 0.390 e. The molecule has 0 amide bonds. The van der Waals surface area contributed by atoms with Crippen molar-refractivity contribution in [2.75, 3.05) is 0 Å². The second kappa shape index (κ2) is 6.81. The van der Waals surface area contributed by atoms with Crippen LogP contribution in [0.3, 0.4) is 0 Å². The maximum Gasteiger partial charge on any atom is 0.171 e. The Morgan fingerprint density at radius 1 is 1.22 bits per heavy atom. The predicted molar refractivity (Wildman–Crippen MR) is 73.4 cm³/mol. The van der Waals surface area contributed by atoms with Gasteiger partial charge in [0.15, 0.2) is 6.29 Å². The van der Waals surface area contributed by atoms with E-state index >= 15 is 0 Å². The lowest BCUT2D eigenvalue weighted by Gasteiger charge is -1.85. The third-order valence-corrected chi connectivity index (χ3v) is 3.18. The third kappa shape index (κ3) is 4.04. The van der Waals surface area contributed by atoms with E-state index in [1.807, 2.05) is 6.92 Å². The fourth-order valence-corrected chi connectivity index (χ4v) is 2.14. The number of nitrogens with one attached hydrogen (secondary N) is 2. The first-order valence-corrected chi connectivity index (χ1v) is 6.55. The van der Waals surface area contributed by atoms with Crippen LogP contribution in [0, 0.1) is 13.8 Å². The molecule has 3 N–H and O–H groups in total. The molecule has 98 valence electrons. The number of hydrogen-bond donors (Lipinski definition) is 3. The van der Waals surface area contributed by atoms with Gasteiger partial charge in [0.25, 0.3) is 0 Å². The van der Waals surface area contributed by atoms with Gasteiger partial charge in [-0.1, -0.05) is 0 Å². The Kier molecular flexibility index (Phi) is 5.70. The molecule has 6 nitrogen and oxygen atoms in total. The van der Waals surface area contributed by atoms with Gasteiger partial charge in [-0.15, -0.1) is 0 Å². The maximum atomic E-state index is 10.1. The van der Waals surface area contributed by atoms with Crippen molar-refractivity contribution in [1.82, 2.24) is 19.9 Å². The van der Waals surface area contributed by atoms with E-state index in [2.05, 4.69) is 51.8 Å². The summed E-state index contributed by atoms with van der Waals surface area (Å²) in [6.07, 6.45) is 0.702. The molecule has 0 bridgehead atoms. The highest BCUT2D eigenvalue weighted by atomic mass is 79.9. The number of aromatic nitrogens is 4. The van der Waals surface area contributed by atoms with Gasteiger partial charge < -0.3 is 15.1 Å². The van der Waals surface area contributed by atoms with Crippen molar-refractivity contribution >= 4 is 38.1 Å². The van der Waals surface area contributed by atoms with Crippen molar-refractivity contribution < 1.29 is 9.90 Å². The van der Waals surface area contributed by atoms with Crippen molar-refractivity contribution in [3.05, 3.63) is 32.2 Å². The summed E-state index contributed by atoms with van der Waals surface area (Å²) in [4.78, 5) is 23.7. The topological polar surface area (TPSA) is 94.7 Å². The first kappa shape index (κ1) is 15.1. The van der Waals surface area contributed by atoms with Crippen LogP contribution >= 0.6 is 31.9 Å². The minimum atomic E-state index is 0.00141. The highest BCUT2D eigenvalue weighted by Gasteiger charge is 2.01. The number of carbonyl (C=O) groups is 1. The lowest BCUT2D eigenvalue weighted by atomic mass is 10.5. The summed E-state index contributed by atoms with van der Waals surface area (Å²) < 4.78 is 1.34. The van der Waals surface area contributed by atoms with Crippen LogP contribution in [0.5, 0.6) is 0 Å². The van der Waals surface area contributed by atoms with Crippen LogP contribution in [0.2, 0.25) is 0 Å². The summed E-state index contributed by atoms with van der Waals surface area (Å²) in [5.74, 6) is 1.55. The van der Waals surface area contributed by atoms with Crippen LogP contribution in [-0.2, 0) is 6.61 Å². The first-order valence-electron chi connectivity index (χ1n) is 4.97. The maximum absolute atomic E-state index is 10.1. The van der Waals surface area contributed by atoms with Gasteiger partial charge in [-0.05, 0) is 45.7 Å². The Labute approximate surface area is 121 Å². The Morgan fingerprint density at radius 2 is 1.83 bits per heavy atom. The smallest absolute Gasteiger partial charge is 0.171 e. The number of hydrogen-bond acceptors (Lipinski definition) is 4. The highest BCUT2D eigenvalue weighted by Crippen LogP contribution is 2.12. The molecule has 2 heterocycles. The zero-order valence-electron chi connectivity index (χ0n) is 9.79. The van der Waals surface area contributed by atoms with Gasteiger partial charge in [0.05, 0.1) is 12.3 Å². The highest BCUT2D eigenvalue weighted by molar-refractivity contribution is 9.10. The molecule has 0 fully saturated rings. The number of nitrogens with zero attached hydrogens (tertiary/aromatic N) is 2. The molecule has 8 heteroatoms. The Morgan fingerprint density at radius 3 is 2.06 bits per heavy atom. The van der Waals surface area contributed by atoms with Crippen molar-refractivity contribution in [2.45, 2.75) is 20.5 Å². The quantitative estimate of drug-likeness (QED) is 0.697. The van der Waals surface area contributed by atoms with E-state index < -0.39 is 0 Å². The standard InChI is InChI=1S/C5H7BrN2O.C5H5BrN2O/c2*1-3-7-4(2-9)5(6)8-3/h9H,2H2,1H3,(H,7,8);2H,1H3,(H,7,8). The van der Waals surface area contributed by atoms with E-state index in [1.54, 1.807) is 6.92 Å². The molecule has 0 saturated heterocycles. The SMILES string of the molecule is Cc1nc(Br)c(CO)[nH]1.Cc1nc(C=O)c(Br)[nH]1. The summed E-state index contributed by atoms with van der Waals surface area (Å²) in [7, 11) is 0. The van der Waals surface area contributed by atoms with Crippen LogP contribution in [-0.4, -0.2) is 31.3 Å². The number of aldehydes is 1. The normalized spacial score (nSPS) is 9.83. The van der Waals surface area contributed by atoms with E-state index in [4.69, 9.17) is 5.11 Å². The number of aliphatic hydroxyl groups is 1. The molecule has 0 aliphatic carbocycles. The molecular weight excluding hydrogens is 368 g/mol. The molecular formula is C10H12Br2N4O2. The number of carbonyl (C=O) groups excluding carboxylic acids is 1. The molecule has 0 atom stereocenters. The van der Waals surface area contributed by atoms with Crippen molar-refractivity contribution in [3.63, 3.8) is 0 Å². The van der Waals surface area contributed by atoms with Gasteiger partial charge in [-0.3, -0.25) is 4.79 Å². The van der Waals surface area contributed by atoms with E-state index in [0.29, 0.717) is 21.2 Å². The lowest BCUT2D eigenvalue weighted by molar-refractivity contribution is 0.111. The van der Waals surface area contributed by atoms with Crippen molar-refractivity contribution in [2.24, 2.45) is 0 Å². The van der Waals surface area contributed by atoms with Crippen LogP contribution in [0.1, 0.15) is 27.8 Å². The zero-order chi connectivity index (χ0) is 13.7. The van der Waals surface area contributed by atoms with Gasteiger partial charge in [0.2, 0.25) is 0 Å². The number of H-pyrrole nitrogens is 2. The minimum Gasteiger partial charge on any atom is -0.390 e. The lowest BCUT2D eigenvalue weighted by Crippen LogP contribution is -1.82. The first-order chi connectivity index (χ1) is 8.47. The monoisotopic (exact) mass is 378 g/mol. The van der Waals surface area contributed by atoms with E-state index in [-0.39, 0.29) is 6.61 Å². The Hall–Kier alpha value is -0.990. The molecule has 0 radical (unpaired) electrons. The molecule has 0 saturated carbocycles. The number of aromatic amines is 2. The Bertz CT molecular complexity index is 536. The second-order valence-corrected chi connectivity index (χ2v) is 4.93. The number of aryl methyl sites for hydroxylation is 2. The third-order valence-electron chi connectivity index (χ3n) is 1.92. The minimum absolute atomic E-state index is 0.00141. The number of aliphatic hydroxyl groups excluding tert-OH is 1. The van der Waals surface area contributed by atoms with Gasteiger partial charge in [0.1, 0.15) is 26.5 Å². The molecule has 0 aliphatic rings. The zero-order valence-corrected chi connectivity index (χ0v) is 13.0. The predicted octanol–water partition coefficient (Wildman–Crippen LogP) is 2.27. The van der Waals surface area contributed by atoms with E-state index in [9.17, 15) is 4.79 Å². The molecule has 0 unspecified atom stereocenters. The molecule has 2 aromatic heterocycles. The molecule has 18 heavy (non-hydrogen) atoms. The van der Waals surface area contributed by atoms with Crippen LogP contribution < -0.4 is 0 Å². The molecule has 2 rings (SSSR count). The number of imidazole rings is 2. The summed E-state index contributed by atoms with van der Waals surface area (Å²) in [6, 6.07) is 0. The summed E-state index contributed by atoms with van der Waals surface area (Å²) >= 11 is 6.30. The van der Waals surface area contributed by atoms with Gasteiger partial charge in [-0.2, -0.15) is 0 Å². The fourth-order valence-electron chi connectivity index (χ4n) is 1.18. The molecule has 2 aromatic rings. The number of rotatable bonds is 2. The van der Waals surface area contributed by atoms with E-state index in [1.165, 1.54) is 0 Å². The Balaban J connectivity index is 0.000000180. The van der Waals surface area contributed by atoms with Crippen LogP contribution in [0.15, 0.2) is 9.21 Å². The molecule has 0 aliphatic heterocycles. The van der Waals surface area contributed by atoms with Crippen LogP contribution in [0.4, 0.5) is 0 Å². The van der Waals surface area contributed by atoms with E-state index in [0.717, 1.165) is 17.3 Å². The van der Waals surface area contributed by atoms with Gasteiger partial charge in [-0.25, -0.2) is 9.97 Å². The number of halogens is 2. The fraction of sp³-hybridized carbons (Fsp3) is 0.300. The van der Waals surface area contributed by atoms with Crippen molar-refractivity contribution in [1.29, 1.82) is 0 Å². The second-order valence-electron chi connectivity index (χ2n) is 3.39. The molecule has 0 spiro atoms. The molecule has 0 aromatic carbocycles. The van der Waals surface area contributed by atoms with Crippen LogP contribution in [0.25, 0.3) is 0 Å². The summed E-state index contributed by atoms with van der Waals surface area (Å²) in [5, 5.41) is 8.63. The van der Waals surface area contributed by atoms with Gasteiger partial charge >= 0.3 is 0 Å². The average molecular weight is 380 g/mol.